The molecule has 1 heteroatoms. The first-order valence-corrected chi connectivity index (χ1v) is 3.23. The van der Waals surface area contributed by atoms with Crippen molar-refractivity contribution in [1.82, 2.24) is 4.98 Å². The molecule has 0 saturated carbocycles. The van der Waals surface area contributed by atoms with Gasteiger partial charge in [-0.05, 0) is 18.1 Å². The van der Waals surface area contributed by atoms with Crippen LogP contribution < -0.4 is 0 Å². The molecular formula is C8H10N. The van der Waals surface area contributed by atoms with Crippen LogP contribution in [0.4, 0.5) is 0 Å². The average molecular weight is 120 g/mol. The van der Waals surface area contributed by atoms with Crippen molar-refractivity contribution in [3.63, 3.8) is 0 Å². The fourth-order valence-electron chi connectivity index (χ4n) is 0.783. The largest absolute Gasteiger partial charge is 0.264 e. The number of hydrogen-bond donors (Lipinski definition) is 0. The third-order valence-corrected chi connectivity index (χ3v) is 1.20. The molecule has 0 aromatic carbocycles. The van der Waals surface area contributed by atoms with Gasteiger partial charge in [0, 0.05) is 18.5 Å². The van der Waals surface area contributed by atoms with Crippen LogP contribution in [0.2, 0.25) is 0 Å². The molecule has 0 atom stereocenters. The predicted molar refractivity (Wildman–Crippen MR) is 37.1 cm³/mol. The van der Waals surface area contributed by atoms with E-state index in [0.29, 0.717) is 0 Å². The second kappa shape index (κ2) is 3.23. The van der Waals surface area contributed by atoms with Gasteiger partial charge in [-0.15, -0.1) is 0 Å². The van der Waals surface area contributed by atoms with Gasteiger partial charge in [0.25, 0.3) is 0 Å². The molecule has 0 unspecified atom stereocenters. The summed E-state index contributed by atoms with van der Waals surface area (Å²) in [7, 11) is 0. The number of aryl methyl sites for hydroxylation is 1. The van der Waals surface area contributed by atoms with Crippen molar-refractivity contribution in [3.05, 3.63) is 30.1 Å². The van der Waals surface area contributed by atoms with Crippen LogP contribution in [0.25, 0.3) is 0 Å². The van der Waals surface area contributed by atoms with Crippen molar-refractivity contribution in [1.29, 1.82) is 0 Å². The number of pyridine rings is 1. The number of hydrogen-bond acceptors (Lipinski definition) is 1. The van der Waals surface area contributed by atoms with E-state index in [0.717, 1.165) is 6.42 Å². The third kappa shape index (κ3) is 1.84. The van der Waals surface area contributed by atoms with Crippen molar-refractivity contribution < 1.29 is 0 Å². The Labute approximate surface area is 55.7 Å². The van der Waals surface area contributed by atoms with Gasteiger partial charge < -0.3 is 0 Å². The molecule has 0 bridgehead atoms. The summed E-state index contributed by atoms with van der Waals surface area (Å²) in [6, 6.07) is 4.92. The second-order valence-electron chi connectivity index (χ2n) is 2.04. The summed E-state index contributed by atoms with van der Waals surface area (Å²) in [6.07, 6.45) is 5.86. The first kappa shape index (κ1) is 6.27. The molecule has 0 aliphatic rings. The summed E-state index contributed by atoms with van der Waals surface area (Å²) >= 11 is 0. The van der Waals surface area contributed by atoms with Crippen LogP contribution in [0.1, 0.15) is 18.9 Å². The van der Waals surface area contributed by atoms with E-state index in [-0.39, 0.29) is 0 Å². The highest BCUT2D eigenvalue weighted by Crippen LogP contribution is 1.97. The molecule has 1 aromatic rings. The maximum Gasteiger partial charge on any atom is 0.0347 e. The van der Waals surface area contributed by atoms with Gasteiger partial charge in [-0.25, -0.2) is 0 Å². The van der Waals surface area contributed by atoms with Crippen molar-refractivity contribution in [2.45, 2.75) is 19.8 Å². The Bertz CT molecular complexity index is 157. The summed E-state index contributed by atoms with van der Waals surface area (Å²) < 4.78 is 0. The number of rotatable bonds is 2. The molecule has 0 aliphatic carbocycles. The Morgan fingerprint density at radius 1 is 1.67 bits per heavy atom. The first-order chi connectivity index (χ1) is 4.43. The topological polar surface area (TPSA) is 12.9 Å². The Morgan fingerprint density at radius 3 is 3.11 bits per heavy atom. The van der Waals surface area contributed by atoms with Crippen molar-refractivity contribution in [2.75, 3.05) is 0 Å². The summed E-state index contributed by atoms with van der Waals surface area (Å²) in [5.41, 5.74) is 1.28. The van der Waals surface area contributed by atoms with E-state index in [2.05, 4.69) is 18.0 Å². The van der Waals surface area contributed by atoms with Crippen molar-refractivity contribution in [2.24, 2.45) is 0 Å². The molecule has 0 N–H and O–H groups in total. The molecular weight excluding hydrogens is 110 g/mol. The quantitative estimate of drug-likeness (QED) is 0.580. The van der Waals surface area contributed by atoms with Crippen molar-refractivity contribution in [3.8, 4) is 0 Å². The van der Waals surface area contributed by atoms with E-state index in [9.17, 15) is 0 Å². The van der Waals surface area contributed by atoms with Gasteiger partial charge in [0.2, 0.25) is 0 Å². The Morgan fingerprint density at radius 2 is 2.56 bits per heavy atom. The second-order valence-corrected chi connectivity index (χ2v) is 2.04. The molecule has 9 heavy (non-hydrogen) atoms. The Kier molecular flexibility index (Phi) is 2.25. The molecule has 47 valence electrons. The van der Waals surface area contributed by atoms with Gasteiger partial charge in [0.15, 0.2) is 0 Å². The molecule has 1 radical (unpaired) electrons. The minimum absolute atomic E-state index is 1.12. The Hall–Kier alpha value is -0.850. The lowest BCUT2D eigenvalue weighted by Gasteiger charge is -1.92. The third-order valence-electron chi connectivity index (χ3n) is 1.20. The van der Waals surface area contributed by atoms with Crippen LogP contribution in [0.3, 0.4) is 0 Å². The number of nitrogens with zero attached hydrogens (tertiary/aromatic N) is 1. The molecule has 0 fully saturated rings. The zero-order chi connectivity index (χ0) is 6.53. The fourth-order valence-corrected chi connectivity index (χ4v) is 0.783. The molecule has 0 aliphatic heterocycles. The van der Waals surface area contributed by atoms with Gasteiger partial charge in [-0.1, -0.05) is 13.3 Å². The van der Waals surface area contributed by atoms with Crippen LogP contribution in [0, 0.1) is 6.07 Å². The molecule has 1 aromatic heterocycles. The van der Waals surface area contributed by atoms with Crippen LogP contribution in [0.5, 0.6) is 0 Å². The maximum absolute atomic E-state index is 3.95. The van der Waals surface area contributed by atoms with E-state index in [1.54, 1.807) is 6.20 Å². The van der Waals surface area contributed by atoms with Gasteiger partial charge in [-0.2, -0.15) is 0 Å². The number of aromatic nitrogens is 1. The van der Waals surface area contributed by atoms with E-state index < -0.39 is 0 Å². The van der Waals surface area contributed by atoms with Crippen LogP contribution in [0.15, 0.2) is 18.5 Å². The zero-order valence-corrected chi connectivity index (χ0v) is 5.59. The minimum Gasteiger partial charge on any atom is -0.264 e. The lowest BCUT2D eigenvalue weighted by atomic mass is 10.2. The molecule has 0 amide bonds. The standard InChI is InChI=1S/C8H10N/c1-2-4-8-5-3-6-9-7-8/h5-7H,2,4H2,1H3. The molecule has 1 heterocycles. The summed E-state index contributed by atoms with van der Waals surface area (Å²) in [5, 5.41) is 0. The molecule has 1 rings (SSSR count). The van der Waals surface area contributed by atoms with E-state index in [1.807, 2.05) is 12.3 Å². The van der Waals surface area contributed by atoms with Crippen LogP contribution >= 0.6 is 0 Å². The lowest BCUT2D eigenvalue weighted by molar-refractivity contribution is 0.913. The summed E-state index contributed by atoms with van der Waals surface area (Å²) in [4.78, 5) is 3.95. The molecule has 0 saturated heterocycles. The Balaban J connectivity index is 2.61. The average Bonchev–Trinajstić information content (AvgIpc) is 1.91. The molecule has 0 spiro atoms. The maximum atomic E-state index is 3.95. The summed E-state index contributed by atoms with van der Waals surface area (Å²) in [5.74, 6) is 0. The highest BCUT2D eigenvalue weighted by Gasteiger charge is 1.85. The zero-order valence-electron chi connectivity index (χ0n) is 5.59. The van der Waals surface area contributed by atoms with E-state index in [4.69, 9.17) is 0 Å². The van der Waals surface area contributed by atoms with Crippen LogP contribution in [-0.4, -0.2) is 4.98 Å². The van der Waals surface area contributed by atoms with E-state index in [1.165, 1.54) is 12.0 Å². The SMILES string of the molecule is CCCc1c[c]cnc1. The minimum atomic E-state index is 1.12. The van der Waals surface area contributed by atoms with Gasteiger partial charge >= 0.3 is 0 Å². The highest BCUT2D eigenvalue weighted by atomic mass is 14.6. The summed E-state index contributed by atoms with van der Waals surface area (Å²) in [6.45, 7) is 2.16. The smallest absolute Gasteiger partial charge is 0.0347 e. The van der Waals surface area contributed by atoms with E-state index >= 15 is 0 Å². The predicted octanol–water partition coefficient (Wildman–Crippen LogP) is 1.83. The fraction of sp³-hybridized carbons (Fsp3) is 0.375. The highest BCUT2D eigenvalue weighted by molar-refractivity contribution is 5.06. The monoisotopic (exact) mass is 120 g/mol. The molecule has 1 nitrogen and oxygen atoms in total. The van der Waals surface area contributed by atoms with Gasteiger partial charge in [-0.3, -0.25) is 4.98 Å². The van der Waals surface area contributed by atoms with Crippen molar-refractivity contribution >= 4 is 0 Å². The van der Waals surface area contributed by atoms with Gasteiger partial charge in [0.1, 0.15) is 0 Å². The van der Waals surface area contributed by atoms with Gasteiger partial charge in [0.05, 0.1) is 0 Å². The normalized spacial score (nSPS) is 9.44. The lowest BCUT2D eigenvalue weighted by Crippen LogP contribution is -1.82. The first-order valence-electron chi connectivity index (χ1n) is 3.23. The van der Waals surface area contributed by atoms with Crippen LogP contribution in [-0.2, 0) is 6.42 Å².